The lowest BCUT2D eigenvalue weighted by Gasteiger charge is -2.21. The molecule has 0 radical (unpaired) electrons. The standard InChI is InChI=1S/C19H17Cl2N3O2S/c1-24-7-3-5-14(24)11-4-2-6-22-19(11)27-17-16(25)15-12(21)8-10(20)9-13(15)23-18(17)26/h2,4,6,8-9,14H,3,5,7H2,1H3,(H2,23,25,26)/t14-/m0/s1. The molecule has 1 saturated heterocycles. The molecule has 0 unspecified atom stereocenters. The maximum absolute atomic E-state index is 12.6. The Hall–Kier alpha value is -1.73. The summed E-state index contributed by atoms with van der Waals surface area (Å²) in [5.74, 6) is -0.156. The topological polar surface area (TPSA) is 69.2 Å². The van der Waals surface area contributed by atoms with Gasteiger partial charge < -0.3 is 10.1 Å². The quantitative estimate of drug-likeness (QED) is 0.632. The van der Waals surface area contributed by atoms with Gasteiger partial charge in [0, 0.05) is 22.8 Å². The summed E-state index contributed by atoms with van der Waals surface area (Å²) in [5, 5.41) is 12.5. The van der Waals surface area contributed by atoms with Crippen LogP contribution in [0.15, 0.2) is 45.2 Å². The van der Waals surface area contributed by atoms with Crippen LogP contribution < -0.4 is 5.56 Å². The van der Waals surface area contributed by atoms with Crippen molar-refractivity contribution in [1.29, 1.82) is 0 Å². The molecular formula is C19H17Cl2N3O2S. The van der Waals surface area contributed by atoms with Crippen LogP contribution in [0.1, 0.15) is 24.4 Å². The molecule has 1 atom stereocenters. The Morgan fingerprint density at radius 2 is 2.19 bits per heavy atom. The van der Waals surface area contributed by atoms with Gasteiger partial charge >= 0.3 is 0 Å². The van der Waals surface area contributed by atoms with E-state index in [1.165, 1.54) is 6.07 Å². The number of H-pyrrole nitrogens is 1. The minimum absolute atomic E-state index is 0.156. The highest BCUT2D eigenvalue weighted by Gasteiger charge is 2.26. The fourth-order valence-electron chi connectivity index (χ4n) is 3.55. The monoisotopic (exact) mass is 421 g/mol. The molecule has 2 aromatic heterocycles. The van der Waals surface area contributed by atoms with Gasteiger partial charge in [-0.25, -0.2) is 4.98 Å². The van der Waals surface area contributed by atoms with E-state index in [-0.39, 0.29) is 21.7 Å². The zero-order valence-corrected chi connectivity index (χ0v) is 16.8. The molecule has 1 aliphatic heterocycles. The van der Waals surface area contributed by atoms with Gasteiger partial charge in [-0.15, -0.1) is 0 Å². The first-order valence-electron chi connectivity index (χ1n) is 8.52. The number of likely N-dealkylation sites (tertiary alicyclic amines) is 1. The van der Waals surface area contributed by atoms with Gasteiger partial charge in [-0.2, -0.15) is 0 Å². The molecule has 3 aromatic rings. The number of fused-ring (bicyclic) bond motifs is 1. The van der Waals surface area contributed by atoms with E-state index in [1.807, 2.05) is 12.1 Å². The Kier molecular flexibility index (Phi) is 5.07. The summed E-state index contributed by atoms with van der Waals surface area (Å²) in [6.45, 7) is 1.03. The van der Waals surface area contributed by atoms with Crippen LogP contribution in [0.3, 0.4) is 0 Å². The van der Waals surface area contributed by atoms with Crippen molar-refractivity contribution in [3.8, 4) is 5.75 Å². The third-order valence-electron chi connectivity index (χ3n) is 4.84. The lowest BCUT2D eigenvalue weighted by molar-refractivity contribution is 0.313. The highest BCUT2D eigenvalue weighted by Crippen LogP contribution is 2.42. The average Bonchev–Trinajstić information content (AvgIpc) is 3.04. The number of nitrogens with one attached hydrogen (secondary N) is 1. The lowest BCUT2D eigenvalue weighted by atomic mass is 10.1. The second kappa shape index (κ2) is 7.36. The highest BCUT2D eigenvalue weighted by molar-refractivity contribution is 7.99. The molecule has 3 heterocycles. The smallest absolute Gasteiger partial charge is 0.266 e. The van der Waals surface area contributed by atoms with E-state index in [0.717, 1.165) is 36.7 Å². The van der Waals surface area contributed by atoms with Crippen LogP contribution in [0.5, 0.6) is 5.75 Å². The van der Waals surface area contributed by atoms with Crippen LogP contribution in [-0.4, -0.2) is 33.6 Å². The van der Waals surface area contributed by atoms with Crippen LogP contribution in [-0.2, 0) is 0 Å². The lowest BCUT2D eigenvalue weighted by Crippen LogP contribution is -2.18. The van der Waals surface area contributed by atoms with Crippen molar-refractivity contribution in [1.82, 2.24) is 14.9 Å². The average molecular weight is 422 g/mol. The maximum Gasteiger partial charge on any atom is 0.266 e. The zero-order valence-electron chi connectivity index (χ0n) is 14.5. The predicted molar refractivity (Wildman–Crippen MR) is 109 cm³/mol. The van der Waals surface area contributed by atoms with Crippen molar-refractivity contribution in [2.75, 3.05) is 13.6 Å². The first kappa shape index (κ1) is 18.6. The van der Waals surface area contributed by atoms with Crippen LogP contribution in [0.2, 0.25) is 10.0 Å². The van der Waals surface area contributed by atoms with Gasteiger partial charge in [0.25, 0.3) is 5.56 Å². The number of halogens is 2. The van der Waals surface area contributed by atoms with Gasteiger partial charge in [0.15, 0.2) is 0 Å². The summed E-state index contributed by atoms with van der Waals surface area (Å²) < 4.78 is 0. The molecule has 4 rings (SSSR count). The summed E-state index contributed by atoms with van der Waals surface area (Å²) in [5.41, 5.74) is 1.06. The molecule has 2 N–H and O–H groups in total. The molecule has 0 saturated carbocycles. The SMILES string of the molecule is CN1CCC[C@H]1c1cccnc1Sc1c(O)c2c(Cl)cc(Cl)cc2[nH]c1=O. The van der Waals surface area contributed by atoms with E-state index in [1.54, 1.807) is 12.3 Å². The fourth-order valence-corrected chi connectivity index (χ4v) is 5.10. The minimum atomic E-state index is -0.403. The molecule has 0 aliphatic carbocycles. The van der Waals surface area contributed by atoms with Gasteiger partial charge in [-0.1, -0.05) is 41.0 Å². The summed E-state index contributed by atoms with van der Waals surface area (Å²) in [6.07, 6.45) is 3.86. The first-order chi connectivity index (χ1) is 13.0. The van der Waals surface area contributed by atoms with E-state index >= 15 is 0 Å². The second-order valence-electron chi connectivity index (χ2n) is 6.58. The molecule has 1 fully saturated rings. The van der Waals surface area contributed by atoms with Crippen LogP contribution in [0.25, 0.3) is 10.9 Å². The number of hydrogen-bond acceptors (Lipinski definition) is 5. The van der Waals surface area contributed by atoms with E-state index in [2.05, 4.69) is 21.9 Å². The molecule has 27 heavy (non-hydrogen) atoms. The number of hydrogen-bond donors (Lipinski definition) is 2. The Morgan fingerprint density at radius 1 is 1.37 bits per heavy atom. The van der Waals surface area contributed by atoms with Gasteiger partial charge in [0.1, 0.15) is 15.7 Å². The number of aromatic nitrogens is 2. The van der Waals surface area contributed by atoms with Crippen molar-refractivity contribution in [3.63, 3.8) is 0 Å². The molecule has 5 nitrogen and oxygen atoms in total. The molecule has 0 bridgehead atoms. The Bertz CT molecular complexity index is 1090. The van der Waals surface area contributed by atoms with Gasteiger partial charge in [0.05, 0.1) is 15.9 Å². The number of rotatable bonds is 3. The van der Waals surface area contributed by atoms with Crippen molar-refractivity contribution < 1.29 is 5.11 Å². The summed E-state index contributed by atoms with van der Waals surface area (Å²) in [6, 6.07) is 7.29. The normalized spacial score (nSPS) is 17.7. The number of benzene rings is 1. The minimum Gasteiger partial charge on any atom is -0.506 e. The Balaban J connectivity index is 1.82. The van der Waals surface area contributed by atoms with Crippen LogP contribution in [0.4, 0.5) is 0 Å². The predicted octanol–water partition coefficient (Wildman–Crippen LogP) is 4.85. The summed E-state index contributed by atoms with van der Waals surface area (Å²) in [7, 11) is 2.09. The fraction of sp³-hybridized carbons (Fsp3) is 0.263. The molecule has 140 valence electrons. The third-order valence-corrected chi connectivity index (χ3v) is 6.47. The molecule has 1 aliphatic rings. The largest absolute Gasteiger partial charge is 0.506 e. The highest BCUT2D eigenvalue weighted by atomic mass is 35.5. The first-order valence-corrected chi connectivity index (χ1v) is 10.1. The van der Waals surface area contributed by atoms with Crippen molar-refractivity contribution in [2.24, 2.45) is 0 Å². The number of pyridine rings is 2. The van der Waals surface area contributed by atoms with Crippen molar-refractivity contribution in [2.45, 2.75) is 28.8 Å². The summed E-state index contributed by atoms with van der Waals surface area (Å²) in [4.78, 5) is 22.3. The number of nitrogens with zero attached hydrogens (tertiary/aromatic N) is 2. The zero-order chi connectivity index (χ0) is 19.1. The number of aromatic hydroxyl groups is 1. The van der Waals surface area contributed by atoms with Crippen molar-refractivity contribution >= 4 is 45.9 Å². The molecule has 1 aromatic carbocycles. The molecule has 0 amide bonds. The van der Waals surface area contributed by atoms with Gasteiger partial charge in [-0.05, 0) is 44.6 Å². The van der Waals surface area contributed by atoms with Crippen molar-refractivity contribution in [3.05, 3.63) is 56.4 Å². The maximum atomic E-state index is 12.6. The summed E-state index contributed by atoms with van der Waals surface area (Å²) >= 11 is 13.4. The Labute approximate surface area is 170 Å². The van der Waals surface area contributed by atoms with E-state index in [9.17, 15) is 9.90 Å². The molecule has 0 spiro atoms. The second-order valence-corrected chi connectivity index (χ2v) is 8.42. The molecule has 8 heteroatoms. The van der Waals surface area contributed by atoms with Gasteiger partial charge in [-0.3, -0.25) is 9.69 Å². The van der Waals surface area contributed by atoms with E-state index < -0.39 is 5.56 Å². The van der Waals surface area contributed by atoms with Crippen LogP contribution in [0, 0.1) is 0 Å². The third kappa shape index (κ3) is 3.43. The van der Waals surface area contributed by atoms with E-state index in [0.29, 0.717) is 21.0 Å². The van der Waals surface area contributed by atoms with Crippen LogP contribution >= 0.6 is 35.0 Å². The molecular weight excluding hydrogens is 405 g/mol. The van der Waals surface area contributed by atoms with E-state index in [4.69, 9.17) is 23.2 Å². The van der Waals surface area contributed by atoms with Gasteiger partial charge in [0.2, 0.25) is 0 Å². The Morgan fingerprint density at radius 3 is 2.93 bits per heavy atom. The number of aromatic amines is 1.